The molecule has 0 radical (unpaired) electrons. The lowest BCUT2D eigenvalue weighted by Crippen LogP contribution is -2.61. The van der Waals surface area contributed by atoms with E-state index in [1.165, 1.54) is 19.2 Å². The number of fused-ring (bicyclic) bond motifs is 1. The third-order valence-corrected chi connectivity index (χ3v) is 5.14. The summed E-state index contributed by atoms with van der Waals surface area (Å²) in [7, 11) is 1.47. The van der Waals surface area contributed by atoms with Gasteiger partial charge in [0, 0.05) is 11.6 Å². The van der Waals surface area contributed by atoms with Crippen molar-refractivity contribution in [1.82, 2.24) is 0 Å². The number of carboxylic acids is 1. The number of aliphatic hydroxyl groups is 3. The predicted octanol–water partition coefficient (Wildman–Crippen LogP) is 0.740. The van der Waals surface area contributed by atoms with Gasteiger partial charge in [-0.2, -0.15) is 0 Å². The van der Waals surface area contributed by atoms with Gasteiger partial charge >= 0.3 is 5.97 Å². The number of aliphatic hydroxyl groups excluding tert-OH is 3. The van der Waals surface area contributed by atoms with Gasteiger partial charge in [-0.3, -0.25) is 4.79 Å². The third-order valence-electron chi connectivity index (χ3n) is 5.14. The van der Waals surface area contributed by atoms with E-state index in [-0.39, 0.29) is 22.5 Å². The zero-order valence-electron chi connectivity index (χ0n) is 16.7. The molecule has 1 aromatic heterocycles. The molecule has 0 aliphatic carbocycles. The first-order valence-electron chi connectivity index (χ1n) is 9.61. The summed E-state index contributed by atoms with van der Waals surface area (Å²) >= 11 is 0. The summed E-state index contributed by atoms with van der Waals surface area (Å²) < 4.78 is 21.9. The summed E-state index contributed by atoms with van der Waals surface area (Å²) in [6.45, 7) is 0. The zero-order valence-corrected chi connectivity index (χ0v) is 16.7. The number of aliphatic carboxylic acids is 1. The Morgan fingerprint density at radius 3 is 2.38 bits per heavy atom. The van der Waals surface area contributed by atoms with Crippen LogP contribution >= 0.6 is 0 Å². The van der Waals surface area contributed by atoms with Crippen LogP contribution in [-0.4, -0.2) is 64.2 Å². The summed E-state index contributed by atoms with van der Waals surface area (Å²) in [6.07, 6.45) is -9.26. The van der Waals surface area contributed by atoms with Crippen LogP contribution in [0.15, 0.2) is 57.7 Å². The van der Waals surface area contributed by atoms with Crippen LogP contribution < -0.4 is 14.9 Å². The molecule has 0 amide bonds. The minimum Gasteiger partial charge on any atom is -0.497 e. The zero-order chi connectivity index (χ0) is 23.0. The second kappa shape index (κ2) is 8.60. The Labute approximate surface area is 180 Å². The van der Waals surface area contributed by atoms with E-state index >= 15 is 0 Å². The fourth-order valence-corrected chi connectivity index (χ4v) is 3.44. The van der Waals surface area contributed by atoms with Gasteiger partial charge in [-0.1, -0.05) is 30.3 Å². The van der Waals surface area contributed by atoms with E-state index in [1.807, 2.05) is 0 Å². The van der Waals surface area contributed by atoms with Crippen LogP contribution in [0.4, 0.5) is 0 Å². The highest BCUT2D eigenvalue weighted by Gasteiger charge is 2.48. The van der Waals surface area contributed by atoms with E-state index < -0.39 is 42.1 Å². The third kappa shape index (κ3) is 3.80. The van der Waals surface area contributed by atoms with Crippen molar-refractivity contribution in [2.24, 2.45) is 0 Å². The van der Waals surface area contributed by atoms with Crippen LogP contribution in [0, 0.1) is 0 Å². The number of hydrogen-bond acceptors (Lipinski definition) is 9. The van der Waals surface area contributed by atoms with Crippen LogP contribution in [0.3, 0.4) is 0 Å². The molecule has 5 atom stereocenters. The first-order chi connectivity index (χ1) is 15.3. The highest BCUT2D eigenvalue weighted by molar-refractivity contribution is 5.83. The SMILES string of the molecule is COc1ccc2c(=O)c(O[C@H]3O[C@H](C(=O)O)[C@@H](O)[C@H](O)[C@H]3O)c(-c3ccccc3)oc2c1. The van der Waals surface area contributed by atoms with Gasteiger partial charge in [0.05, 0.1) is 12.5 Å². The second-order valence-corrected chi connectivity index (χ2v) is 7.17. The lowest BCUT2D eigenvalue weighted by molar-refractivity contribution is -0.271. The number of carboxylic acid groups (broad SMARTS) is 1. The number of benzene rings is 2. The average molecular weight is 444 g/mol. The highest BCUT2D eigenvalue weighted by atomic mass is 16.7. The van der Waals surface area contributed by atoms with Crippen molar-refractivity contribution in [2.45, 2.75) is 30.7 Å². The first kappa shape index (κ1) is 21.8. The van der Waals surface area contributed by atoms with Gasteiger partial charge in [-0.25, -0.2) is 4.79 Å². The first-order valence-corrected chi connectivity index (χ1v) is 9.61. The smallest absolute Gasteiger partial charge is 0.335 e. The van der Waals surface area contributed by atoms with Gasteiger partial charge in [-0.05, 0) is 12.1 Å². The summed E-state index contributed by atoms with van der Waals surface area (Å²) in [6, 6.07) is 13.1. The molecule has 10 heteroatoms. The quantitative estimate of drug-likeness (QED) is 0.443. The van der Waals surface area contributed by atoms with Gasteiger partial charge in [0.1, 0.15) is 29.6 Å². The lowest BCUT2D eigenvalue weighted by atomic mass is 9.99. The Morgan fingerprint density at radius 2 is 1.72 bits per heavy atom. The van der Waals surface area contributed by atoms with E-state index in [2.05, 4.69) is 0 Å². The summed E-state index contributed by atoms with van der Waals surface area (Å²) in [5.74, 6) is -1.47. The molecule has 0 bridgehead atoms. The number of ether oxygens (including phenoxy) is 3. The minimum atomic E-state index is -1.89. The van der Waals surface area contributed by atoms with Crippen LogP contribution in [0.1, 0.15) is 0 Å². The molecule has 32 heavy (non-hydrogen) atoms. The maximum atomic E-state index is 13.3. The number of carbonyl (C=O) groups is 1. The monoisotopic (exact) mass is 444 g/mol. The molecule has 3 aromatic rings. The van der Waals surface area contributed by atoms with Crippen molar-refractivity contribution < 1.29 is 43.8 Å². The van der Waals surface area contributed by atoms with Gasteiger partial charge in [-0.15, -0.1) is 0 Å². The van der Waals surface area contributed by atoms with Gasteiger partial charge in [0.15, 0.2) is 11.9 Å². The Balaban J connectivity index is 1.85. The molecule has 1 fully saturated rings. The van der Waals surface area contributed by atoms with E-state index in [0.717, 1.165) is 0 Å². The molecule has 0 saturated carbocycles. The van der Waals surface area contributed by atoms with Crippen molar-refractivity contribution in [3.63, 3.8) is 0 Å². The highest BCUT2D eigenvalue weighted by Crippen LogP contribution is 2.34. The molecular weight excluding hydrogens is 424 g/mol. The van der Waals surface area contributed by atoms with Gasteiger partial charge in [0.2, 0.25) is 17.5 Å². The van der Waals surface area contributed by atoms with E-state index in [1.54, 1.807) is 36.4 Å². The Bertz CT molecular complexity index is 1190. The maximum absolute atomic E-state index is 13.3. The molecule has 10 nitrogen and oxygen atoms in total. The number of rotatable bonds is 5. The van der Waals surface area contributed by atoms with Gasteiger partial charge in [0.25, 0.3) is 0 Å². The summed E-state index contributed by atoms with van der Waals surface area (Å²) in [5, 5.41) is 39.6. The Hall–Kier alpha value is -3.44. The van der Waals surface area contributed by atoms with Gasteiger partial charge < -0.3 is 39.1 Å². The fraction of sp³-hybridized carbons (Fsp3) is 0.273. The molecule has 2 aromatic carbocycles. The fourth-order valence-electron chi connectivity index (χ4n) is 3.44. The average Bonchev–Trinajstić information content (AvgIpc) is 2.80. The molecule has 4 N–H and O–H groups in total. The molecular formula is C22H20O10. The van der Waals surface area contributed by atoms with Crippen molar-refractivity contribution >= 4 is 16.9 Å². The van der Waals surface area contributed by atoms with Crippen LogP contribution in [0.5, 0.6) is 11.5 Å². The lowest BCUT2D eigenvalue weighted by Gasteiger charge is -2.38. The normalized spacial score (nSPS) is 25.4. The summed E-state index contributed by atoms with van der Waals surface area (Å²) in [4.78, 5) is 24.7. The maximum Gasteiger partial charge on any atom is 0.335 e. The van der Waals surface area contributed by atoms with Crippen molar-refractivity contribution in [1.29, 1.82) is 0 Å². The molecule has 1 aliphatic heterocycles. The standard InChI is InChI=1S/C22H20O10/c1-29-11-7-8-12-13(9-11)30-18(10-5-3-2-4-6-10)19(14(12)23)31-22-17(26)15(24)16(25)20(32-22)21(27)28/h2-9,15-17,20,22,24-26H,1H3,(H,27,28)/t15-,16-,17+,20-,22-/m0/s1. The predicted molar refractivity (Wildman–Crippen MR) is 109 cm³/mol. The van der Waals surface area contributed by atoms with Crippen molar-refractivity contribution in [3.8, 4) is 22.8 Å². The van der Waals surface area contributed by atoms with Crippen LogP contribution in [0.2, 0.25) is 0 Å². The van der Waals surface area contributed by atoms with Crippen LogP contribution in [0.25, 0.3) is 22.3 Å². The Kier molecular flexibility index (Phi) is 5.85. The van der Waals surface area contributed by atoms with E-state index in [4.69, 9.17) is 18.6 Å². The molecule has 2 heterocycles. The Morgan fingerprint density at radius 1 is 1.00 bits per heavy atom. The molecule has 0 spiro atoms. The van der Waals surface area contributed by atoms with Crippen molar-refractivity contribution in [3.05, 3.63) is 58.8 Å². The largest absolute Gasteiger partial charge is 0.497 e. The topological polar surface area (TPSA) is 156 Å². The molecule has 1 saturated heterocycles. The van der Waals surface area contributed by atoms with E-state index in [0.29, 0.717) is 11.3 Å². The summed E-state index contributed by atoms with van der Waals surface area (Å²) in [5.41, 5.74) is 0.0607. The molecule has 0 unspecified atom stereocenters. The molecule has 168 valence electrons. The molecule has 1 aliphatic rings. The number of hydrogen-bond donors (Lipinski definition) is 4. The molecule has 4 rings (SSSR count). The van der Waals surface area contributed by atoms with Crippen molar-refractivity contribution in [2.75, 3.05) is 7.11 Å². The minimum absolute atomic E-state index is 0.000334. The second-order valence-electron chi connectivity index (χ2n) is 7.17. The number of methoxy groups -OCH3 is 1. The van der Waals surface area contributed by atoms with Crippen LogP contribution in [-0.2, 0) is 9.53 Å². The van der Waals surface area contributed by atoms with E-state index in [9.17, 15) is 30.0 Å².